The molecule has 0 unspecified atom stereocenters. The van der Waals surface area contributed by atoms with Gasteiger partial charge in [-0.25, -0.2) is 4.39 Å². The van der Waals surface area contributed by atoms with Crippen LogP contribution in [0.15, 0.2) is 59.0 Å². The van der Waals surface area contributed by atoms with Crippen LogP contribution in [0.1, 0.15) is 44.2 Å². The molecular weight excluding hydrogens is 343 g/mol. The van der Waals surface area contributed by atoms with E-state index in [2.05, 4.69) is 24.5 Å². The van der Waals surface area contributed by atoms with E-state index < -0.39 is 0 Å². The zero-order valence-corrected chi connectivity index (χ0v) is 15.8. The van der Waals surface area contributed by atoms with Crippen molar-refractivity contribution in [1.82, 2.24) is 10.6 Å². The number of para-hydroxylation sites is 1. The second-order valence-electron chi connectivity index (χ2n) is 7.13. The summed E-state index contributed by atoms with van der Waals surface area (Å²) >= 11 is 0. The summed E-state index contributed by atoms with van der Waals surface area (Å²) in [6.07, 6.45) is 0. The molecule has 1 aromatic heterocycles. The number of nitrogens with one attached hydrogen (secondary N) is 2. The predicted molar refractivity (Wildman–Crippen MR) is 105 cm³/mol. The molecule has 2 aromatic carbocycles. The first kappa shape index (κ1) is 19.1. The summed E-state index contributed by atoms with van der Waals surface area (Å²) in [5, 5.41) is 7.25. The monoisotopic (exact) mass is 368 g/mol. The molecule has 0 fully saturated rings. The van der Waals surface area contributed by atoms with Gasteiger partial charge < -0.3 is 15.1 Å². The third kappa shape index (κ3) is 4.74. The second kappa shape index (κ2) is 8.35. The molecule has 0 saturated carbocycles. The van der Waals surface area contributed by atoms with Gasteiger partial charge in [-0.2, -0.15) is 0 Å². The number of halogens is 1. The van der Waals surface area contributed by atoms with Crippen LogP contribution in [0.2, 0.25) is 0 Å². The fraction of sp³-hybridized carbons (Fsp3) is 0.318. The Morgan fingerprint density at radius 3 is 2.44 bits per heavy atom. The highest BCUT2D eigenvalue weighted by Crippen LogP contribution is 2.24. The van der Waals surface area contributed by atoms with Crippen molar-refractivity contribution in [3.05, 3.63) is 71.7 Å². The van der Waals surface area contributed by atoms with Gasteiger partial charge >= 0.3 is 0 Å². The maximum atomic E-state index is 13.2. The zero-order chi connectivity index (χ0) is 19.4. The molecule has 0 bridgehead atoms. The summed E-state index contributed by atoms with van der Waals surface area (Å²) in [4.78, 5) is 12.4. The lowest BCUT2D eigenvalue weighted by molar-refractivity contribution is -0.121. The van der Waals surface area contributed by atoms with E-state index in [4.69, 9.17) is 4.42 Å². The van der Waals surface area contributed by atoms with Crippen LogP contribution in [-0.4, -0.2) is 12.5 Å². The molecule has 2 atom stereocenters. The minimum atomic E-state index is -0.265. The van der Waals surface area contributed by atoms with Crippen LogP contribution in [0.4, 0.5) is 4.39 Å². The molecule has 1 heterocycles. The number of amides is 1. The first-order valence-corrected chi connectivity index (χ1v) is 9.20. The number of fused-ring (bicyclic) bond motifs is 1. The Labute approximate surface area is 158 Å². The maximum absolute atomic E-state index is 13.2. The lowest BCUT2D eigenvalue weighted by Crippen LogP contribution is -2.38. The predicted octanol–water partition coefficient (Wildman–Crippen LogP) is 4.74. The highest BCUT2D eigenvalue weighted by molar-refractivity contribution is 5.80. The molecule has 0 saturated heterocycles. The molecule has 0 radical (unpaired) electrons. The fourth-order valence-electron chi connectivity index (χ4n) is 3.19. The minimum absolute atomic E-state index is 0.0298. The lowest BCUT2D eigenvalue weighted by atomic mass is 9.96. The third-order valence-corrected chi connectivity index (χ3v) is 4.63. The Hall–Kier alpha value is -2.66. The van der Waals surface area contributed by atoms with Gasteiger partial charge in [-0.3, -0.25) is 4.79 Å². The Balaban J connectivity index is 1.59. The standard InChI is InChI=1S/C22H25FN2O2/c1-14(2)22(16-8-10-18(23)11-9-16)24-13-21(26)25-15(3)20-12-17-6-4-5-7-19(17)27-20/h4-12,14-15,22,24H,13H2,1-3H3,(H,25,26)/t15-,22+/m0/s1. The number of hydrogen-bond donors (Lipinski definition) is 2. The molecule has 0 aliphatic carbocycles. The van der Waals surface area contributed by atoms with E-state index in [0.717, 1.165) is 22.3 Å². The number of carbonyl (C=O) groups is 1. The van der Waals surface area contributed by atoms with Crippen LogP contribution in [-0.2, 0) is 4.79 Å². The molecule has 5 heteroatoms. The summed E-state index contributed by atoms with van der Waals surface area (Å²) in [5.41, 5.74) is 1.77. The second-order valence-corrected chi connectivity index (χ2v) is 7.13. The van der Waals surface area contributed by atoms with Crippen LogP contribution in [0.3, 0.4) is 0 Å². The normalized spacial score (nSPS) is 13.7. The summed E-state index contributed by atoms with van der Waals surface area (Å²) in [5.74, 6) is 0.605. The molecule has 3 rings (SSSR count). The van der Waals surface area contributed by atoms with E-state index in [0.29, 0.717) is 0 Å². The number of carbonyl (C=O) groups excluding carboxylic acids is 1. The van der Waals surface area contributed by atoms with Gasteiger partial charge in [0.2, 0.25) is 5.91 Å². The molecule has 27 heavy (non-hydrogen) atoms. The maximum Gasteiger partial charge on any atom is 0.234 e. The van der Waals surface area contributed by atoms with Crippen molar-refractivity contribution >= 4 is 16.9 Å². The Kier molecular flexibility index (Phi) is 5.91. The average molecular weight is 368 g/mol. The number of hydrogen-bond acceptors (Lipinski definition) is 3. The largest absolute Gasteiger partial charge is 0.459 e. The molecule has 2 N–H and O–H groups in total. The molecule has 0 aliphatic rings. The lowest BCUT2D eigenvalue weighted by Gasteiger charge is -2.23. The molecule has 0 spiro atoms. The Morgan fingerprint density at radius 2 is 1.78 bits per heavy atom. The van der Waals surface area contributed by atoms with Gasteiger partial charge in [-0.1, -0.05) is 44.2 Å². The van der Waals surface area contributed by atoms with Gasteiger partial charge in [0.15, 0.2) is 0 Å². The van der Waals surface area contributed by atoms with Crippen molar-refractivity contribution in [2.45, 2.75) is 32.9 Å². The Bertz CT molecular complexity index is 869. The van der Waals surface area contributed by atoms with E-state index in [1.807, 2.05) is 37.3 Å². The van der Waals surface area contributed by atoms with E-state index in [-0.39, 0.29) is 36.3 Å². The van der Waals surface area contributed by atoms with Crippen LogP contribution in [0.5, 0.6) is 0 Å². The van der Waals surface area contributed by atoms with E-state index >= 15 is 0 Å². The number of furan rings is 1. The SMILES string of the molecule is CC(C)[C@@H](NCC(=O)N[C@@H](C)c1cc2ccccc2o1)c1ccc(F)cc1. The number of benzene rings is 2. The van der Waals surface area contributed by atoms with Crippen LogP contribution >= 0.6 is 0 Å². The van der Waals surface area contributed by atoms with Gasteiger partial charge in [0.25, 0.3) is 0 Å². The molecule has 4 nitrogen and oxygen atoms in total. The third-order valence-electron chi connectivity index (χ3n) is 4.63. The smallest absolute Gasteiger partial charge is 0.234 e. The van der Waals surface area contributed by atoms with E-state index in [9.17, 15) is 9.18 Å². The molecule has 1 amide bonds. The summed E-state index contributed by atoms with van der Waals surface area (Å²) < 4.78 is 19.0. The van der Waals surface area contributed by atoms with E-state index in [1.165, 1.54) is 12.1 Å². The van der Waals surface area contributed by atoms with E-state index in [1.54, 1.807) is 12.1 Å². The molecule has 3 aromatic rings. The summed E-state index contributed by atoms with van der Waals surface area (Å²) in [7, 11) is 0. The van der Waals surface area contributed by atoms with Crippen molar-refractivity contribution in [2.24, 2.45) is 5.92 Å². The Morgan fingerprint density at radius 1 is 1.07 bits per heavy atom. The van der Waals surface area contributed by atoms with Crippen molar-refractivity contribution in [2.75, 3.05) is 6.54 Å². The number of rotatable bonds is 7. The van der Waals surface area contributed by atoms with Gasteiger partial charge in [-0.15, -0.1) is 0 Å². The van der Waals surface area contributed by atoms with Crippen molar-refractivity contribution in [3.8, 4) is 0 Å². The van der Waals surface area contributed by atoms with Crippen molar-refractivity contribution in [3.63, 3.8) is 0 Å². The van der Waals surface area contributed by atoms with Gasteiger partial charge in [0.1, 0.15) is 17.2 Å². The van der Waals surface area contributed by atoms with Gasteiger partial charge in [0, 0.05) is 11.4 Å². The van der Waals surface area contributed by atoms with Crippen LogP contribution < -0.4 is 10.6 Å². The highest BCUT2D eigenvalue weighted by atomic mass is 19.1. The first-order chi connectivity index (χ1) is 12.9. The molecule has 0 aliphatic heterocycles. The first-order valence-electron chi connectivity index (χ1n) is 9.20. The van der Waals surface area contributed by atoms with Gasteiger partial charge in [-0.05, 0) is 42.7 Å². The summed E-state index contributed by atoms with van der Waals surface area (Å²) in [6, 6.07) is 15.8. The molecule has 142 valence electrons. The quantitative estimate of drug-likeness (QED) is 0.633. The van der Waals surface area contributed by atoms with Crippen LogP contribution in [0, 0.1) is 11.7 Å². The molecular formula is C22H25FN2O2. The minimum Gasteiger partial charge on any atom is -0.459 e. The summed E-state index contributed by atoms with van der Waals surface area (Å²) in [6.45, 7) is 6.20. The fourth-order valence-corrected chi connectivity index (χ4v) is 3.19. The average Bonchev–Trinajstić information content (AvgIpc) is 3.07. The topological polar surface area (TPSA) is 54.3 Å². The zero-order valence-electron chi connectivity index (χ0n) is 15.8. The van der Waals surface area contributed by atoms with Crippen molar-refractivity contribution in [1.29, 1.82) is 0 Å². The van der Waals surface area contributed by atoms with Crippen LogP contribution in [0.25, 0.3) is 11.0 Å². The highest BCUT2D eigenvalue weighted by Gasteiger charge is 2.18. The van der Waals surface area contributed by atoms with Gasteiger partial charge in [0.05, 0.1) is 12.6 Å². The van der Waals surface area contributed by atoms with Crippen molar-refractivity contribution < 1.29 is 13.6 Å².